The van der Waals surface area contributed by atoms with Gasteiger partial charge in [0.25, 0.3) is 0 Å². The summed E-state index contributed by atoms with van der Waals surface area (Å²) in [6.07, 6.45) is 1.89. The van der Waals surface area contributed by atoms with Crippen molar-refractivity contribution in [2.75, 3.05) is 45.2 Å². The van der Waals surface area contributed by atoms with Gasteiger partial charge in [-0.25, -0.2) is 0 Å². The molecule has 0 aliphatic carbocycles. The van der Waals surface area contributed by atoms with Gasteiger partial charge in [0.2, 0.25) is 11.8 Å². The molecule has 7 heteroatoms. The van der Waals surface area contributed by atoms with E-state index >= 15 is 0 Å². The van der Waals surface area contributed by atoms with E-state index in [-0.39, 0.29) is 17.7 Å². The van der Waals surface area contributed by atoms with Gasteiger partial charge in [-0.05, 0) is 44.9 Å². The standard InChI is InChI=1S/C20H30ClN3O3/c1-4-23(5-2)20(26)15-9-12-24(13-10-15)19(25)8-11-22-17-14-16(21)6-7-18(17)27-3/h6-7,14-15,22H,4-5,8-13H2,1-3H3. The van der Waals surface area contributed by atoms with Crippen LogP contribution in [0, 0.1) is 5.92 Å². The number of ether oxygens (including phenoxy) is 1. The summed E-state index contributed by atoms with van der Waals surface area (Å²) in [6.45, 7) is 7.30. The van der Waals surface area contributed by atoms with Crippen LogP contribution in [0.25, 0.3) is 0 Å². The van der Waals surface area contributed by atoms with Gasteiger partial charge in [0, 0.05) is 50.1 Å². The number of hydrogen-bond acceptors (Lipinski definition) is 4. The van der Waals surface area contributed by atoms with Crippen LogP contribution in [0.3, 0.4) is 0 Å². The molecule has 0 saturated carbocycles. The van der Waals surface area contributed by atoms with Crippen LogP contribution in [0.15, 0.2) is 18.2 Å². The number of anilines is 1. The third-order valence-electron chi connectivity index (χ3n) is 5.09. The summed E-state index contributed by atoms with van der Waals surface area (Å²) >= 11 is 6.02. The lowest BCUT2D eigenvalue weighted by Gasteiger charge is -2.33. The Morgan fingerprint density at radius 3 is 2.52 bits per heavy atom. The molecule has 1 fully saturated rings. The Morgan fingerprint density at radius 1 is 1.26 bits per heavy atom. The lowest BCUT2D eigenvalue weighted by Crippen LogP contribution is -2.44. The summed E-state index contributed by atoms with van der Waals surface area (Å²) in [7, 11) is 1.60. The fourth-order valence-electron chi connectivity index (χ4n) is 3.45. The monoisotopic (exact) mass is 395 g/mol. The molecule has 0 bridgehead atoms. The summed E-state index contributed by atoms with van der Waals surface area (Å²) in [5, 5.41) is 3.83. The topological polar surface area (TPSA) is 61.9 Å². The average Bonchev–Trinajstić information content (AvgIpc) is 2.69. The second-order valence-electron chi connectivity index (χ2n) is 6.69. The first-order valence-electron chi connectivity index (χ1n) is 9.64. The highest BCUT2D eigenvalue weighted by Crippen LogP contribution is 2.27. The summed E-state index contributed by atoms with van der Waals surface area (Å²) < 4.78 is 5.29. The van der Waals surface area contributed by atoms with Crippen LogP contribution in [0.4, 0.5) is 5.69 Å². The van der Waals surface area contributed by atoms with Crippen molar-refractivity contribution in [1.29, 1.82) is 0 Å². The molecule has 1 aliphatic heterocycles. The molecule has 27 heavy (non-hydrogen) atoms. The number of rotatable bonds is 8. The van der Waals surface area contributed by atoms with Crippen LogP contribution in [0.1, 0.15) is 33.1 Å². The molecule has 150 valence electrons. The summed E-state index contributed by atoms with van der Waals surface area (Å²) in [5.74, 6) is 1.07. The first-order chi connectivity index (χ1) is 13.0. The molecule has 0 aromatic heterocycles. The van der Waals surface area contributed by atoms with Crippen molar-refractivity contribution in [1.82, 2.24) is 9.80 Å². The average molecular weight is 396 g/mol. The Bertz CT molecular complexity index is 641. The van der Waals surface area contributed by atoms with Gasteiger partial charge in [-0.2, -0.15) is 0 Å². The van der Waals surface area contributed by atoms with Gasteiger partial charge in [0.15, 0.2) is 0 Å². The van der Waals surface area contributed by atoms with Crippen LogP contribution in [-0.4, -0.2) is 61.4 Å². The molecule has 0 atom stereocenters. The van der Waals surface area contributed by atoms with Gasteiger partial charge in [0.1, 0.15) is 5.75 Å². The van der Waals surface area contributed by atoms with E-state index in [0.29, 0.717) is 36.8 Å². The predicted molar refractivity (Wildman–Crippen MR) is 108 cm³/mol. The van der Waals surface area contributed by atoms with Crippen LogP contribution >= 0.6 is 11.6 Å². The number of nitrogens with one attached hydrogen (secondary N) is 1. The molecule has 1 aromatic carbocycles. The number of carbonyl (C=O) groups excluding carboxylic acids is 2. The molecule has 0 radical (unpaired) electrons. The molecule has 0 spiro atoms. The van der Waals surface area contributed by atoms with E-state index in [2.05, 4.69) is 5.32 Å². The van der Waals surface area contributed by atoms with E-state index in [1.54, 1.807) is 25.3 Å². The number of halogens is 1. The Morgan fingerprint density at radius 2 is 1.93 bits per heavy atom. The van der Waals surface area contributed by atoms with E-state index in [1.807, 2.05) is 23.6 Å². The zero-order valence-electron chi connectivity index (χ0n) is 16.5. The Hall–Kier alpha value is -1.95. The number of nitrogens with zero attached hydrogens (tertiary/aromatic N) is 2. The van der Waals surface area contributed by atoms with Crippen LogP contribution < -0.4 is 10.1 Å². The van der Waals surface area contributed by atoms with E-state index in [9.17, 15) is 9.59 Å². The van der Waals surface area contributed by atoms with Crippen LogP contribution in [0.2, 0.25) is 5.02 Å². The van der Waals surface area contributed by atoms with Gasteiger partial charge in [-0.3, -0.25) is 9.59 Å². The van der Waals surface area contributed by atoms with Crippen molar-refractivity contribution in [3.63, 3.8) is 0 Å². The molecule has 2 amide bonds. The number of methoxy groups -OCH3 is 1. The Balaban J connectivity index is 1.78. The Kier molecular flexibility index (Phi) is 8.23. The third-order valence-corrected chi connectivity index (χ3v) is 5.32. The minimum absolute atomic E-state index is 0.0443. The van der Waals surface area contributed by atoms with Crippen molar-refractivity contribution >= 4 is 29.1 Å². The Labute approximate surface area is 166 Å². The highest BCUT2D eigenvalue weighted by atomic mass is 35.5. The summed E-state index contributed by atoms with van der Waals surface area (Å²) in [6, 6.07) is 5.35. The normalized spacial score (nSPS) is 14.7. The van der Waals surface area contributed by atoms with E-state index in [0.717, 1.165) is 31.6 Å². The molecule has 2 rings (SSSR count). The predicted octanol–water partition coefficient (Wildman–Crippen LogP) is 3.26. The maximum Gasteiger partial charge on any atom is 0.225 e. The third kappa shape index (κ3) is 5.76. The number of hydrogen-bond donors (Lipinski definition) is 1. The van der Waals surface area contributed by atoms with Gasteiger partial charge >= 0.3 is 0 Å². The number of carbonyl (C=O) groups is 2. The van der Waals surface area contributed by atoms with Crippen molar-refractivity contribution in [2.24, 2.45) is 5.92 Å². The first kappa shape index (κ1) is 21.4. The highest BCUT2D eigenvalue weighted by Gasteiger charge is 2.29. The van der Waals surface area contributed by atoms with E-state index in [4.69, 9.17) is 16.3 Å². The molecule has 6 nitrogen and oxygen atoms in total. The van der Waals surface area contributed by atoms with Crippen molar-refractivity contribution in [3.8, 4) is 5.75 Å². The van der Waals surface area contributed by atoms with Gasteiger partial charge in [-0.15, -0.1) is 0 Å². The lowest BCUT2D eigenvalue weighted by atomic mass is 9.95. The zero-order chi connectivity index (χ0) is 19.8. The number of benzene rings is 1. The second kappa shape index (κ2) is 10.4. The fourth-order valence-corrected chi connectivity index (χ4v) is 3.62. The zero-order valence-corrected chi connectivity index (χ0v) is 17.2. The number of piperidine rings is 1. The van der Waals surface area contributed by atoms with Crippen molar-refractivity contribution < 1.29 is 14.3 Å². The van der Waals surface area contributed by atoms with Gasteiger partial charge in [-0.1, -0.05) is 11.6 Å². The number of likely N-dealkylation sites (tertiary alicyclic amines) is 1. The summed E-state index contributed by atoms with van der Waals surface area (Å²) in [4.78, 5) is 28.7. The second-order valence-corrected chi connectivity index (χ2v) is 7.12. The van der Waals surface area contributed by atoms with E-state index < -0.39 is 0 Å². The van der Waals surface area contributed by atoms with Crippen LogP contribution in [-0.2, 0) is 9.59 Å². The maximum atomic E-state index is 12.5. The largest absolute Gasteiger partial charge is 0.495 e. The SMILES string of the molecule is CCN(CC)C(=O)C1CCN(C(=O)CCNc2cc(Cl)ccc2OC)CC1. The van der Waals surface area contributed by atoms with E-state index in [1.165, 1.54) is 0 Å². The van der Waals surface area contributed by atoms with Crippen molar-refractivity contribution in [2.45, 2.75) is 33.1 Å². The minimum Gasteiger partial charge on any atom is -0.495 e. The molecular formula is C20H30ClN3O3. The molecule has 1 N–H and O–H groups in total. The van der Waals surface area contributed by atoms with Gasteiger partial charge < -0.3 is 19.9 Å². The summed E-state index contributed by atoms with van der Waals surface area (Å²) in [5.41, 5.74) is 0.779. The van der Waals surface area contributed by atoms with Crippen LogP contribution in [0.5, 0.6) is 5.75 Å². The number of amides is 2. The molecule has 1 saturated heterocycles. The molecular weight excluding hydrogens is 366 g/mol. The highest BCUT2D eigenvalue weighted by molar-refractivity contribution is 6.30. The maximum absolute atomic E-state index is 12.5. The molecule has 1 heterocycles. The fraction of sp³-hybridized carbons (Fsp3) is 0.600. The molecule has 1 aromatic rings. The van der Waals surface area contributed by atoms with Gasteiger partial charge in [0.05, 0.1) is 12.8 Å². The minimum atomic E-state index is 0.0443. The van der Waals surface area contributed by atoms with Crippen molar-refractivity contribution in [3.05, 3.63) is 23.2 Å². The molecule has 0 unspecified atom stereocenters. The molecule has 1 aliphatic rings. The lowest BCUT2D eigenvalue weighted by molar-refractivity contribution is -0.140. The first-order valence-corrected chi connectivity index (χ1v) is 10.0. The quantitative estimate of drug-likeness (QED) is 0.733. The smallest absolute Gasteiger partial charge is 0.225 e.